The standard InChI is InChI=1S/C22H34N2O2/c1-5-6-7-16-8-12-18(13-9-16)23-20(25)21(26)24-19-14-10-17(11-15-19)22(2,3)4/h8-9,12-13,17,19H,5-7,10-11,14-15H2,1-4H3,(H,23,25)(H,24,26). The normalized spacial score (nSPS) is 20.5. The van der Waals surface area contributed by atoms with Crippen molar-refractivity contribution in [3.05, 3.63) is 29.8 Å². The van der Waals surface area contributed by atoms with Crippen molar-refractivity contribution in [1.29, 1.82) is 0 Å². The molecule has 4 nitrogen and oxygen atoms in total. The second-order valence-corrected chi connectivity index (χ2v) is 8.64. The topological polar surface area (TPSA) is 58.2 Å². The van der Waals surface area contributed by atoms with Gasteiger partial charge in [0.15, 0.2) is 0 Å². The van der Waals surface area contributed by atoms with Gasteiger partial charge in [-0.25, -0.2) is 0 Å². The molecule has 0 unspecified atom stereocenters. The van der Waals surface area contributed by atoms with Crippen LogP contribution in [0.1, 0.15) is 71.8 Å². The molecule has 0 radical (unpaired) electrons. The van der Waals surface area contributed by atoms with Crippen LogP contribution in [0.25, 0.3) is 0 Å². The van der Waals surface area contributed by atoms with E-state index in [1.807, 2.05) is 24.3 Å². The van der Waals surface area contributed by atoms with Crippen LogP contribution in [-0.4, -0.2) is 17.9 Å². The average Bonchev–Trinajstić information content (AvgIpc) is 2.60. The van der Waals surface area contributed by atoms with Crippen LogP contribution < -0.4 is 10.6 Å². The molecule has 26 heavy (non-hydrogen) atoms. The minimum atomic E-state index is -0.579. The van der Waals surface area contributed by atoms with E-state index in [4.69, 9.17) is 0 Å². The molecule has 0 spiro atoms. The maximum Gasteiger partial charge on any atom is 0.313 e. The molecule has 0 aliphatic heterocycles. The third kappa shape index (κ3) is 6.15. The van der Waals surface area contributed by atoms with E-state index >= 15 is 0 Å². The molecule has 4 heteroatoms. The lowest BCUT2D eigenvalue weighted by Crippen LogP contribution is -2.44. The first-order valence-corrected chi connectivity index (χ1v) is 10.0. The van der Waals surface area contributed by atoms with Gasteiger partial charge >= 0.3 is 11.8 Å². The lowest BCUT2D eigenvalue weighted by Gasteiger charge is -2.37. The summed E-state index contributed by atoms with van der Waals surface area (Å²) >= 11 is 0. The van der Waals surface area contributed by atoms with Gasteiger partial charge in [0.2, 0.25) is 0 Å². The van der Waals surface area contributed by atoms with Gasteiger partial charge in [0, 0.05) is 11.7 Å². The van der Waals surface area contributed by atoms with Crippen LogP contribution in [-0.2, 0) is 16.0 Å². The molecule has 2 rings (SSSR count). The van der Waals surface area contributed by atoms with E-state index < -0.39 is 11.8 Å². The highest BCUT2D eigenvalue weighted by Gasteiger charge is 2.30. The Hall–Kier alpha value is -1.84. The third-order valence-electron chi connectivity index (χ3n) is 5.52. The maximum absolute atomic E-state index is 12.2. The van der Waals surface area contributed by atoms with Crippen LogP contribution in [0.3, 0.4) is 0 Å². The number of unbranched alkanes of at least 4 members (excludes halogenated alkanes) is 1. The van der Waals surface area contributed by atoms with Crippen LogP contribution in [0, 0.1) is 11.3 Å². The Labute approximate surface area is 158 Å². The van der Waals surface area contributed by atoms with E-state index in [9.17, 15) is 9.59 Å². The van der Waals surface area contributed by atoms with Crippen LogP contribution in [0.2, 0.25) is 0 Å². The van der Waals surface area contributed by atoms with E-state index in [2.05, 4.69) is 38.3 Å². The summed E-state index contributed by atoms with van der Waals surface area (Å²) in [6.45, 7) is 9.00. The first-order chi connectivity index (χ1) is 12.3. The second-order valence-electron chi connectivity index (χ2n) is 8.64. The van der Waals surface area contributed by atoms with Crippen molar-refractivity contribution in [1.82, 2.24) is 5.32 Å². The molecule has 0 aromatic heterocycles. The lowest BCUT2D eigenvalue weighted by molar-refractivity contribution is -0.136. The number of hydrogen-bond donors (Lipinski definition) is 2. The number of aryl methyl sites for hydroxylation is 1. The van der Waals surface area contributed by atoms with Gasteiger partial charge < -0.3 is 10.6 Å². The number of hydrogen-bond acceptors (Lipinski definition) is 2. The highest BCUT2D eigenvalue weighted by Crippen LogP contribution is 2.37. The van der Waals surface area contributed by atoms with Gasteiger partial charge in [-0.1, -0.05) is 46.2 Å². The Morgan fingerprint density at radius 1 is 1.00 bits per heavy atom. The molecular formula is C22H34N2O2. The highest BCUT2D eigenvalue weighted by molar-refractivity contribution is 6.39. The number of rotatable bonds is 5. The van der Waals surface area contributed by atoms with Gasteiger partial charge in [-0.15, -0.1) is 0 Å². The summed E-state index contributed by atoms with van der Waals surface area (Å²) in [4.78, 5) is 24.3. The number of amides is 2. The van der Waals surface area contributed by atoms with Gasteiger partial charge in [-0.05, 0) is 67.6 Å². The van der Waals surface area contributed by atoms with E-state index in [0.29, 0.717) is 17.0 Å². The number of carbonyl (C=O) groups excluding carboxylic acids is 2. The molecule has 1 aliphatic rings. The summed E-state index contributed by atoms with van der Waals surface area (Å²) in [6, 6.07) is 7.87. The van der Waals surface area contributed by atoms with Crippen LogP contribution in [0.4, 0.5) is 5.69 Å². The monoisotopic (exact) mass is 358 g/mol. The molecule has 0 bridgehead atoms. The summed E-state index contributed by atoms with van der Waals surface area (Å²) in [5, 5.41) is 5.60. The van der Waals surface area contributed by atoms with Crippen LogP contribution >= 0.6 is 0 Å². The summed E-state index contributed by atoms with van der Waals surface area (Å²) in [7, 11) is 0. The molecule has 1 aliphatic carbocycles. The van der Waals surface area contributed by atoms with Gasteiger partial charge in [-0.3, -0.25) is 9.59 Å². The lowest BCUT2D eigenvalue weighted by atomic mass is 9.71. The van der Waals surface area contributed by atoms with Gasteiger partial charge in [-0.2, -0.15) is 0 Å². The number of benzene rings is 1. The molecule has 1 aromatic carbocycles. The fourth-order valence-corrected chi connectivity index (χ4v) is 3.68. The van der Waals surface area contributed by atoms with E-state index in [1.165, 1.54) is 5.56 Å². The fraction of sp³-hybridized carbons (Fsp3) is 0.636. The molecule has 2 amide bonds. The summed E-state index contributed by atoms with van der Waals surface area (Å²) in [6.07, 6.45) is 7.48. The van der Waals surface area contributed by atoms with E-state index in [0.717, 1.165) is 44.9 Å². The third-order valence-corrected chi connectivity index (χ3v) is 5.52. The zero-order valence-corrected chi connectivity index (χ0v) is 16.7. The Bertz CT molecular complexity index is 594. The van der Waals surface area contributed by atoms with Crippen molar-refractivity contribution in [2.24, 2.45) is 11.3 Å². The van der Waals surface area contributed by atoms with Crippen molar-refractivity contribution in [3.63, 3.8) is 0 Å². The molecule has 144 valence electrons. The molecule has 0 saturated heterocycles. The zero-order valence-electron chi connectivity index (χ0n) is 16.7. The van der Waals surface area contributed by atoms with Crippen molar-refractivity contribution in [2.75, 3.05) is 5.32 Å². The number of carbonyl (C=O) groups is 2. The maximum atomic E-state index is 12.2. The molecule has 1 aromatic rings. The predicted molar refractivity (Wildman–Crippen MR) is 107 cm³/mol. The van der Waals surface area contributed by atoms with E-state index in [1.54, 1.807) is 0 Å². The first kappa shape index (κ1) is 20.5. The van der Waals surface area contributed by atoms with Crippen molar-refractivity contribution in [3.8, 4) is 0 Å². The molecular weight excluding hydrogens is 324 g/mol. The van der Waals surface area contributed by atoms with Crippen LogP contribution in [0.15, 0.2) is 24.3 Å². The summed E-state index contributed by atoms with van der Waals surface area (Å²) in [5.74, 6) is -0.417. The quantitative estimate of drug-likeness (QED) is 0.750. The summed E-state index contributed by atoms with van der Waals surface area (Å²) in [5.41, 5.74) is 2.24. The highest BCUT2D eigenvalue weighted by atomic mass is 16.2. The van der Waals surface area contributed by atoms with Crippen molar-refractivity contribution in [2.45, 2.75) is 78.7 Å². The second kappa shape index (κ2) is 9.20. The molecule has 2 N–H and O–H groups in total. The molecule has 0 atom stereocenters. The minimum absolute atomic E-state index is 0.114. The Morgan fingerprint density at radius 2 is 1.62 bits per heavy atom. The number of nitrogens with one attached hydrogen (secondary N) is 2. The van der Waals surface area contributed by atoms with Gasteiger partial charge in [0.1, 0.15) is 0 Å². The fourth-order valence-electron chi connectivity index (χ4n) is 3.68. The zero-order chi connectivity index (χ0) is 19.2. The first-order valence-electron chi connectivity index (χ1n) is 10.0. The van der Waals surface area contributed by atoms with Crippen molar-refractivity contribution >= 4 is 17.5 Å². The Kier molecular flexibility index (Phi) is 7.24. The predicted octanol–water partition coefficient (Wildman–Crippen LogP) is 4.69. The number of anilines is 1. The molecule has 0 heterocycles. The SMILES string of the molecule is CCCCc1ccc(NC(=O)C(=O)NC2CCC(C(C)(C)C)CC2)cc1. The molecule has 1 fully saturated rings. The Balaban J connectivity index is 1.78. The molecule has 1 saturated carbocycles. The minimum Gasteiger partial charge on any atom is -0.345 e. The van der Waals surface area contributed by atoms with Gasteiger partial charge in [0.25, 0.3) is 0 Å². The Morgan fingerprint density at radius 3 is 2.15 bits per heavy atom. The van der Waals surface area contributed by atoms with Crippen molar-refractivity contribution < 1.29 is 9.59 Å². The smallest absolute Gasteiger partial charge is 0.313 e. The van der Waals surface area contributed by atoms with Crippen LogP contribution in [0.5, 0.6) is 0 Å². The average molecular weight is 359 g/mol. The van der Waals surface area contributed by atoms with E-state index in [-0.39, 0.29) is 6.04 Å². The van der Waals surface area contributed by atoms with Gasteiger partial charge in [0.05, 0.1) is 0 Å². The largest absolute Gasteiger partial charge is 0.345 e. The summed E-state index contributed by atoms with van der Waals surface area (Å²) < 4.78 is 0.